The maximum Gasteiger partial charge on any atom is 0.416 e. The van der Waals surface area contributed by atoms with Crippen molar-refractivity contribution < 1.29 is 22.4 Å². The number of amides is 1. The number of anilines is 1. The molecule has 0 saturated heterocycles. The Bertz CT molecular complexity index is 1440. The zero-order chi connectivity index (χ0) is 32.6. The van der Waals surface area contributed by atoms with E-state index in [-0.39, 0.29) is 29.1 Å². The number of nitrogens with zero attached hydrogens (tertiary/aromatic N) is 3. The number of carbonyl (C=O) groups excluding carboxylic acids is 1. The number of carbonyl (C=O) groups is 1. The zero-order valence-electron chi connectivity index (χ0n) is 26.2. The highest BCUT2D eigenvalue weighted by Gasteiger charge is 2.32. The second kappa shape index (κ2) is 15.2. The number of aryl methyl sites for hydroxylation is 1. The van der Waals surface area contributed by atoms with E-state index in [9.17, 15) is 18.0 Å². The summed E-state index contributed by atoms with van der Waals surface area (Å²) < 4.78 is 55.8. The van der Waals surface area contributed by atoms with Crippen LogP contribution in [0.25, 0.3) is 5.57 Å². The van der Waals surface area contributed by atoms with Gasteiger partial charge < -0.3 is 16.0 Å². The number of rotatable bonds is 13. The van der Waals surface area contributed by atoms with Crippen molar-refractivity contribution in [1.29, 1.82) is 0 Å². The van der Waals surface area contributed by atoms with Gasteiger partial charge in [-0.2, -0.15) is 13.2 Å². The zero-order valence-corrected chi connectivity index (χ0v) is 26.2. The number of halogens is 4. The Balaban J connectivity index is 2.14. The molecule has 3 rings (SSSR count). The topological polar surface area (TPSA) is 83.6 Å². The molecule has 2 atom stereocenters. The van der Waals surface area contributed by atoms with Crippen LogP contribution in [0.5, 0.6) is 0 Å². The fourth-order valence-corrected chi connectivity index (χ4v) is 5.46. The van der Waals surface area contributed by atoms with Gasteiger partial charge in [-0.05, 0) is 72.9 Å². The molecule has 44 heavy (non-hydrogen) atoms. The summed E-state index contributed by atoms with van der Waals surface area (Å²) >= 11 is 0. The lowest BCUT2D eigenvalue weighted by Gasteiger charge is -2.35. The molecule has 0 radical (unpaired) electrons. The van der Waals surface area contributed by atoms with Crippen LogP contribution in [0.1, 0.15) is 100 Å². The van der Waals surface area contributed by atoms with Crippen molar-refractivity contribution in [1.82, 2.24) is 9.88 Å². The first-order chi connectivity index (χ1) is 20.9. The largest absolute Gasteiger partial charge is 0.416 e. The molecule has 2 aromatic rings. The summed E-state index contributed by atoms with van der Waals surface area (Å²) in [6, 6.07) is 4.22. The molecule has 10 heteroatoms. The highest BCUT2D eigenvalue weighted by molar-refractivity contribution is 6.06. The molecule has 1 aromatic carbocycles. The number of nitrogens with two attached hydrogens (primary N) is 1. The third-order valence-corrected chi connectivity index (χ3v) is 8.01. The summed E-state index contributed by atoms with van der Waals surface area (Å²) in [5, 5.41) is 2.37. The van der Waals surface area contributed by atoms with Gasteiger partial charge >= 0.3 is 6.18 Å². The standard InChI is InChI=1S/C34H43F4N5O/c1-7-11-13-24(12-8-2)22(6)43-17-16-41-32(39)31(43)29(21(5)9-3)30-23(10-4)18-25(19-27(30)35)33(44)42-28-20-26(14-15-40-28)34(36,37)38/h14-21,24H,6-13H2,1-5H3,(H2,39,41)(H,40,42,44)/b31-29+. The molecule has 0 aliphatic carbocycles. The average molecular weight is 614 g/mol. The Morgan fingerprint density at radius 2 is 1.84 bits per heavy atom. The van der Waals surface area contributed by atoms with Crippen LogP contribution in [-0.2, 0) is 12.6 Å². The number of hydrogen-bond acceptors (Lipinski definition) is 5. The van der Waals surface area contributed by atoms with E-state index in [1.165, 1.54) is 0 Å². The molecule has 0 saturated carbocycles. The van der Waals surface area contributed by atoms with Gasteiger partial charge in [-0.1, -0.05) is 60.5 Å². The van der Waals surface area contributed by atoms with Crippen LogP contribution in [0.4, 0.5) is 23.4 Å². The van der Waals surface area contributed by atoms with E-state index < -0.39 is 23.5 Å². The van der Waals surface area contributed by atoms with Crippen LogP contribution in [0, 0.1) is 17.7 Å². The minimum absolute atomic E-state index is 0.0372. The van der Waals surface area contributed by atoms with Crippen molar-refractivity contribution in [2.75, 3.05) is 5.32 Å². The van der Waals surface area contributed by atoms with Crippen molar-refractivity contribution in [2.45, 2.75) is 85.7 Å². The van der Waals surface area contributed by atoms with Crippen molar-refractivity contribution in [3.05, 3.63) is 88.9 Å². The number of allylic oxidation sites excluding steroid dienone is 2. The van der Waals surface area contributed by atoms with Crippen molar-refractivity contribution in [3.63, 3.8) is 0 Å². The van der Waals surface area contributed by atoms with Crippen LogP contribution in [0.2, 0.25) is 0 Å². The van der Waals surface area contributed by atoms with Crippen molar-refractivity contribution >= 4 is 23.1 Å². The Hall–Kier alpha value is -3.95. The quantitative estimate of drug-likeness (QED) is 0.221. The van der Waals surface area contributed by atoms with Gasteiger partial charge in [0.15, 0.2) is 0 Å². The lowest BCUT2D eigenvalue weighted by atomic mass is 9.84. The van der Waals surface area contributed by atoms with E-state index in [4.69, 9.17) is 5.73 Å². The number of aliphatic imine (C=N–C) groups is 1. The lowest BCUT2D eigenvalue weighted by molar-refractivity contribution is -0.137. The van der Waals surface area contributed by atoms with Crippen molar-refractivity contribution in [3.8, 4) is 0 Å². The number of nitrogens with one attached hydrogen (secondary N) is 1. The van der Waals surface area contributed by atoms with E-state index in [0.717, 1.165) is 62.2 Å². The first-order valence-corrected chi connectivity index (χ1v) is 15.3. The number of unbranched alkanes of at least 4 members (excludes halogenated alkanes) is 1. The summed E-state index contributed by atoms with van der Waals surface area (Å²) in [7, 11) is 0. The second-order valence-electron chi connectivity index (χ2n) is 11.1. The lowest BCUT2D eigenvalue weighted by Crippen LogP contribution is -2.34. The fourth-order valence-electron chi connectivity index (χ4n) is 5.46. The Morgan fingerprint density at radius 1 is 1.11 bits per heavy atom. The number of hydrogen-bond donors (Lipinski definition) is 2. The smallest absolute Gasteiger partial charge is 0.382 e. The van der Waals surface area contributed by atoms with Gasteiger partial charge in [-0.15, -0.1) is 0 Å². The highest BCUT2D eigenvalue weighted by atomic mass is 19.4. The van der Waals surface area contributed by atoms with Crippen LogP contribution in [-0.4, -0.2) is 21.6 Å². The van der Waals surface area contributed by atoms with E-state index >= 15 is 4.39 Å². The molecule has 6 nitrogen and oxygen atoms in total. The van der Waals surface area contributed by atoms with E-state index in [1.54, 1.807) is 12.3 Å². The Kier molecular flexibility index (Phi) is 11.9. The number of pyridine rings is 1. The van der Waals surface area contributed by atoms with Gasteiger partial charge in [0.05, 0.1) is 11.3 Å². The molecule has 1 aliphatic rings. The maximum atomic E-state index is 16.3. The van der Waals surface area contributed by atoms with Gasteiger partial charge in [-0.3, -0.25) is 4.79 Å². The Morgan fingerprint density at radius 3 is 2.45 bits per heavy atom. The first-order valence-electron chi connectivity index (χ1n) is 15.3. The third-order valence-electron chi connectivity index (χ3n) is 8.01. The third kappa shape index (κ3) is 7.95. The van der Waals surface area contributed by atoms with Gasteiger partial charge in [0.2, 0.25) is 0 Å². The normalized spacial score (nSPS) is 15.9. The number of aromatic nitrogens is 1. The molecular weight excluding hydrogens is 570 g/mol. The van der Waals surface area contributed by atoms with Gasteiger partial charge in [0, 0.05) is 35.4 Å². The molecule has 2 heterocycles. The summed E-state index contributed by atoms with van der Waals surface area (Å²) in [4.78, 5) is 23.2. The molecule has 0 fully saturated rings. The molecule has 1 aromatic heterocycles. The van der Waals surface area contributed by atoms with Gasteiger partial charge in [0.1, 0.15) is 17.5 Å². The maximum absolute atomic E-state index is 16.3. The molecular formula is C34H43F4N5O. The fraction of sp³-hybridized carbons (Fsp3) is 0.441. The predicted molar refractivity (Wildman–Crippen MR) is 169 cm³/mol. The van der Waals surface area contributed by atoms with Crippen LogP contribution in [0.15, 0.2) is 65.8 Å². The summed E-state index contributed by atoms with van der Waals surface area (Å²) in [5.74, 6) is -1.40. The summed E-state index contributed by atoms with van der Waals surface area (Å²) in [6.07, 6.45) is 5.87. The second-order valence-corrected chi connectivity index (χ2v) is 11.1. The molecule has 1 aliphatic heterocycles. The summed E-state index contributed by atoms with van der Waals surface area (Å²) in [6.45, 7) is 14.6. The summed E-state index contributed by atoms with van der Waals surface area (Å²) in [5.41, 5.74) is 8.54. The van der Waals surface area contributed by atoms with E-state index in [2.05, 4.69) is 35.7 Å². The average Bonchev–Trinajstić information content (AvgIpc) is 2.99. The van der Waals surface area contributed by atoms with E-state index in [0.29, 0.717) is 35.2 Å². The SMILES string of the molecule is C=C(C(CCC)CCCC)N1C=CN=C(N)/C1=C(\c1c(F)cc(C(=O)Nc2cc(C(F)(F)F)ccn2)cc1CC)C(C)CC. The van der Waals surface area contributed by atoms with Crippen LogP contribution >= 0.6 is 0 Å². The molecule has 0 spiro atoms. The van der Waals surface area contributed by atoms with Crippen LogP contribution in [0.3, 0.4) is 0 Å². The molecule has 2 unspecified atom stereocenters. The number of alkyl halides is 3. The Labute approximate surface area is 257 Å². The molecule has 0 bridgehead atoms. The van der Waals surface area contributed by atoms with Gasteiger partial charge in [0.25, 0.3) is 5.91 Å². The molecule has 238 valence electrons. The molecule has 3 N–H and O–H groups in total. The number of amidine groups is 1. The highest BCUT2D eigenvalue weighted by Crippen LogP contribution is 2.39. The van der Waals surface area contributed by atoms with E-state index in [1.807, 2.05) is 31.9 Å². The minimum Gasteiger partial charge on any atom is -0.382 e. The van der Waals surface area contributed by atoms with Crippen molar-refractivity contribution in [2.24, 2.45) is 22.6 Å². The first kappa shape index (κ1) is 34.5. The van der Waals surface area contributed by atoms with Gasteiger partial charge in [-0.25, -0.2) is 14.4 Å². The molecule has 1 amide bonds. The monoisotopic (exact) mass is 613 g/mol. The predicted octanol–water partition coefficient (Wildman–Crippen LogP) is 9.08. The minimum atomic E-state index is -4.60. The number of benzene rings is 1. The van der Waals surface area contributed by atoms with Crippen LogP contribution < -0.4 is 11.1 Å².